The molecule has 0 aliphatic rings. The number of hydrogen-bond donors (Lipinski definition) is 3. The SMILES string of the molecule is COCC(NC(=O)Nc1ccc(OC)c(Cl)c1)C(=O)O. The summed E-state index contributed by atoms with van der Waals surface area (Å²) in [5.41, 5.74) is 0.412. The van der Waals surface area contributed by atoms with Crippen LogP contribution in [0.5, 0.6) is 5.75 Å². The van der Waals surface area contributed by atoms with Crippen LogP contribution in [0.2, 0.25) is 5.02 Å². The minimum atomic E-state index is -1.19. The molecular formula is C12H15ClN2O5. The van der Waals surface area contributed by atoms with Crippen LogP contribution in [0.25, 0.3) is 0 Å². The summed E-state index contributed by atoms with van der Waals surface area (Å²) >= 11 is 5.91. The van der Waals surface area contributed by atoms with Gasteiger partial charge in [-0.25, -0.2) is 9.59 Å². The lowest BCUT2D eigenvalue weighted by Gasteiger charge is -2.14. The van der Waals surface area contributed by atoms with E-state index in [4.69, 9.17) is 26.2 Å². The first-order valence-corrected chi connectivity index (χ1v) is 5.98. The molecule has 0 saturated heterocycles. The highest BCUT2D eigenvalue weighted by Crippen LogP contribution is 2.27. The zero-order valence-electron chi connectivity index (χ0n) is 11.0. The van der Waals surface area contributed by atoms with Crippen molar-refractivity contribution in [1.82, 2.24) is 5.32 Å². The monoisotopic (exact) mass is 302 g/mol. The van der Waals surface area contributed by atoms with Gasteiger partial charge in [0.25, 0.3) is 0 Å². The lowest BCUT2D eigenvalue weighted by Crippen LogP contribution is -2.45. The molecule has 0 heterocycles. The van der Waals surface area contributed by atoms with Crippen molar-refractivity contribution >= 4 is 29.3 Å². The Morgan fingerprint density at radius 1 is 1.40 bits per heavy atom. The van der Waals surface area contributed by atoms with Crippen LogP contribution in [0.15, 0.2) is 18.2 Å². The number of carboxylic acid groups (broad SMARTS) is 1. The van der Waals surface area contributed by atoms with Gasteiger partial charge < -0.3 is 25.2 Å². The number of rotatable bonds is 6. The van der Waals surface area contributed by atoms with Gasteiger partial charge in [-0.15, -0.1) is 0 Å². The van der Waals surface area contributed by atoms with Crippen LogP contribution < -0.4 is 15.4 Å². The second-order valence-corrected chi connectivity index (χ2v) is 4.20. The third kappa shape index (κ3) is 4.60. The van der Waals surface area contributed by atoms with Gasteiger partial charge in [-0.05, 0) is 18.2 Å². The van der Waals surface area contributed by atoms with Crippen molar-refractivity contribution in [1.29, 1.82) is 0 Å². The molecule has 7 nitrogen and oxygen atoms in total. The van der Waals surface area contributed by atoms with Crippen LogP contribution >= 0.6 is 11.6 Å². The molecule has 110 valence electrons. The molecule has 1 aromatic carbocycles. The molecule has 0 bridgehead atoms. The molecule has 8 heteroatoms. The number of carbonyl (C=O) groups is 2. The van der Waals surface area contributed by atoms with E-state index in [-0.39, 0.29) is 6.61 Å². The molecule has 0 spiro atoms. The second kappa shape index (κ2) is 7.56. The van der Waals surface area contributed by atoms with E-state index in [2.05, 4.69) is 10.6 Å². The van der Waals surface area contributed by atoms with Gasteiger partial charge >= 0.3 is 12.0 Å². The summed E-state index contributed by atoms with van der Waals surface area (Å²) in [6.07, 6.45) is 0. The molecule has 1 atom stereocenters. The first-order valence-electron chi connectivity index (χ1n) is 5.60. The molecule has 1 unspecified atom stereocenters. The van der Waals surface area contributed by atoms with Crippen molar-refractivity contribution in [2.75, 3.05) is 26.1 Å². The number of aliphatic carboxylic acids is 1. The normalized spacial score (nSPS) is 11.6. The quantitative estimate of drug-likeness (QED) is 0.741. The fourth-order valence-corrected chi connectivity index (χ4v) is 1.67. The predicted molar refractivity (Wildman–Crippen MR) is 73.5 cm³/mol. The van der Waals surface area contributed by atoms with Crippen molar-refractivity contribution in [2.24, 2.45) is 0 Å². The van der Waals surface area contributed by atoms with Crippen LogP contribution in [-0.2, 0) is 9.53 Å². The maximum absolute atomic E-state index is 11.7. The Balaban J connectivity index is 2.66. The lowest BCUT2D eigenvalue weighted by atomic mass is 10.3. The third-order valence-electron chi connectivity index (χ3n) is 2.35. The summed E-state index contributed by atoms with van der Waals surface area (Å²) in [6.45, 7) is -0.133. The largest absolute Gasteiger partial charge is 0.495 e. The van der Waals surface area contributed by atoms with Crippen molar-refractivity contribution in [3.05, 3.63) is 23.2 Å². The summed E-state index contributed by atoms with van der Waals surface area (Å²) in [4.78, 5) is 22.5. The highest BCUT2D eigenvalue weighted by molar-refractivity contribution is 6.32. The Bertz CT molecular complexity index is 495. The molecule has 0 aromatic heterocycles. The first-order chi connectivity index (χ1) is 9.47. The first kappa shape index (κ1) is 16.1. The number of nitrogens with one attached hydrogen (secondary N) is 2. The number of ether oxygens (including phenoxy) is 2. The summed E-state index contributed by atoms with van der Waals surface area (Å²) in [6, 6.07) is 2.86. The predicted octanol–water partition coefficient (Wildman–Crippen LogP) is 1.57. The molecular weight excluding hydrogens is 288 g/mol. The Labute approximate surface area is 120 Å². The number of anilines is 1. The zero-order chi connectivity index (χ0) is 15.1. The Kier molecular flexibility index (Phi) is 6.08. The summed E-state index contributed by atoms with van der Waals surface area (Å²) < 4.78 is 9.68. The molecule has 1 rings (SSSR count). The van der Waals surface area contributed by atoms with Gasteiger partial charge in [0.15, 0.2) is 6.04 Å². The number of amides is 2. The number of hydrogen-bond acceptors (Lipinski definition) is 4. The topological polar surface area (TPSA) is 96.9 Å². The van der Waals surface area contributed by atoms with Gasteiger partial charge in [-0.1, -0.05) is 11.6 Å². The summed E-state index contributed by atoms with van der Waals surface area (Å²) in [5, 5.41) is 13.9. The number of benzene rings is 1. The van der Waals surface area contributed by atoms with E-state index in [1.54, 1.807) is 12.1 Å². The van der Waals surface area contributed by atoms with Gasteiger partial charge in [0.05, 0.1) is 18.7 Å². The Morgan fingerprint density at radius 3 is 2.60 bits per heavy atom. The molecule has 0 saturated carbocycles. The Hall–Kier alpha value is -1.99. The van der Waals surface area contributed by atoms with Crippen LogP contribution in [0.1, 0.15) is 0 Å². The van der Waals surface area contributed by atoms with Gasteiger partial charge in [0, 0.05) is 12.8 Å². The summed E-state index contributed by atoms with van der Waals surface area (Å²) in [7, 11) is 2.82. The lowest BCUT2D eigenvalue weighted by molar-refractivity contribution is -0.140. The number of carboxylic acids is 1. The van der Waals surface area contributed by atoms with Gasteiger partial charge in [0.1, 0.15) is 5.75 Å². The second-order valence-electron chi connectivity index (χ2n) is 3.79. The van der Waals surface area contributed by atoms with Crippen molar-refractivity contribution < 1.29 is 24.2 Å². The summed E-state index contributed by atoms with van der Waals surface area (Å²) in [5.74, 6) is -0.713. The zero-order valence-corrected chi connectivity index (χ0v) is 11.7. The van der Waals surface area contributed by atoms with Crippen molar-refractivity contribution in [3.63, 3.8) is 0 Å². The van der Waals surface area contributed by atoms with E-state index in [9.17, 15) is 9.59 Å². The highest BCUT2D eigenvalue weighted by atomic mass is 35.5. The maximum Gasteiger partial charge on any atom is 0.328 e. The van der Waals surface area contributed by atoms with E-state index in [0.717, 1.165) is 0 Å². The van der Waals surface area contributed by atoms with Crippen LogP contribution in [0.4, 0.5) is 10.5 Å². The maximum atomic E-state index is 11.7. The van der Waals surface area contributed by atoms with Crippen LogP contribution in [0.3, 0.4) is 0 Å². The van der Waals surface area contributed by atoms with Gasteiger partial charge in [-0.3, -0.25) is 0 Å². The fraction of sp³-hybridized carbons (Fsp3) is 0.333. The smallest absolute Gasteiger partial charge is 0.328 e. The molecule has 2 amide bonds. The molecule has 20 heavy (non-hydrogen) atoms. The third-order valence-corrected chi connectivity index (χ3v) is 2.64. The number of carbonyl (C=O) groups excluding carboxylic acids is 1. The standard InChI is InChI=1S/C12H15ClN2O5/c1-19-6-9(11(16)17)15-12(18)14-7-3-4-10(20-2)8(13)5-7/h3-5,9H,6H2,1-2H3,(H,16,17)(H2,14,15,18). The average Bonchev–Trinajstić information content (AvgIpc) is 2.38. The molecule has 1 aromatic rings. The molecule has 0 fully saturated rings. The fourth-order valence-electron chi connectivity index (χ4n) is 1.41. The van der Waals surface area contributed by atoms with Crippen molar-refractivity contribution in [2.45, 2.75) is 6.04 Å². The molecule has 0 aliphatic heterocycles. The minimum absolute atomic E-state index is 0.133. The Morgan fingerprint density at radius 2 is 2.10 bits per heavy atom. The van der Waals surface area contributed by atoms with Gasteiger partial charge in [-0.2, -0.15) is 0 Å². The molecule has 3 N–H and O–H groups in total. The number of methoxy groups -OCH3 is 2. The van der Waals surface area contributed by atoms with E-state index in [1.807, 2.05) is 0 Å². The number of urea groups is 1. The minimum Gasteiger partial charge on any atom is -0.495 e. The van der Waals surface area contributed by atoms with Crippen LogP contribution in [0, 0.1) is 0 Å². The van der Waals surface area contributed by atoms with Crippen molar-refractivity contribution in [3.8, 4) is 5.75 Å². The highest BCUT2D eigenvalue weighted by Gasteiger charge is 2.19. The van der Waals surface area contributed by atoms with E-state index in [1.165, 1.54) is 20.3 Å². The van der Waals surface area contributed by atoms with Crippen LogP contribution in [-0.4, -0.2) is 44.0 Å². The van der Waals surface area contributed by atoms with E-state index < -0.39 is 18.0 Å². The van der Waals surface area contributed by atoms with E-state index >= 15 is 0 Å². The molecule has 0 aliphatic carbocycles. The number of halogens is 1. The molecule has 0 radical (unpaired) electrons. The van der Waals surface area contributed by atoms with E-state index in [0.29, 0.717) is 16.5 Å². The van der Waals surface area contributed by atoms with Gasteiger partial charge in [0.2, 0.25) is 0 Å². The average molecular weight is 303 g/mol.